The van der Waals surface area contributed by atoms with Gasteiger partial charge in [-0.05, 0) is 48.2 Å². The van der Waals surface area contributed by atoms with Crippen molar-refractivity contribution in [3.63, 3.8) is 0 Å². The molecule has 0 saturated heterocycles. The van der Waals surface area contributed by atoms with Gasteiger partial charge in [0.15, 0.2) is 0 Å². The van der Waals surface area contributed by atoms with Crippen molar-refractivity contribution in [1.29, 1.82) is 0 Å². The maximum absolute atomic E-state index is 13.4. The van der Waals surface area contributed by atoms with Gasteiger partial charge in [0.1, 0.15) is 11.6 Å². The third-order valence-corrected chi connectivity index (χ3v) is 2.75. The van der Waals surface area contributed by atoms with Crippen molar-refractivity contribution in [2.24, 2.45) is 0 Å². The second-order valence-corrected chi connectivity index (χ2v) is 3.88. The Morgan fingerprint density at radius 2 is 1.62 bits per heavy atom. The molecule has 0 unspecified atom stereocenters. The van der Waals surface area contributed by atoms with E-state index in [0.717, 1.165) is 5.56 Å². The average molecular weight is 218 g/mol. The molecule has 0 bridgehead atoms. The lowest BCUT2D eigenvalue weighted by Gasteiger charge is -2.07. The number of halogens is 2. The van der Waals surface area contributed by atoms with Gasteiger partial charge in [-0.3, -0.25) is 0 Å². The van der Waals surface area contributed by atoms with E-state index in [-0.39, 0.29) is 11.6 Å². The molecule has 0 aliphatic carbocycles. The van der Waals surface area contributed by atoms with E-state index in [2.05, 4.69) is 0 Å². The Hall–Kier alpha value is -1.70. The minimum absolute atomic E-state index is 0.263. The van der Waals surface area contributed by atoms with Gasteiger partial charge in [-0.1, -0.05) is 24.3 Å². The predicted octanol–water partition coefficient (Wildman–Crippen LogP) is 4.25. The van der Waals surface area contributed by atoms with E-state index in [4.69, 9.17) is 0 Å². The zero-order valence-electron chi connectivity index (χ0n) is 9.22. The van der Waals surface area contributed by atoms with Crippen LogP contribution in [-0.2, 0) is 0 Å². The Morgan fingerprint density at radius 1 is 0.875 bits per heavy atom. The summed E-state index contributed by atoms with van der Waals surface area (Å²) in [7, 11) is 0. The highest BCUT2D eigenvalue weighted by Crippen LogP contribution is 2.26. The SMILES string of the molecule is Cc1ccc(-c2cccc(F)c2C)cc1F. The highest BCUT2D eigenvalue weighted by Gasteiger charge is 2.07. The minimum Gasteiger partial charge on any atom is -0.207 e. The quantitative estimate of drug-likeness (QED) is 0.671. The maximum Gasteiger partial charge on any atom is 0.126 e. The van der Waals surface area contributed by atoms with Crippen LogP contribution in [0.1, 0.15) is 11.1 Å². The molecule has 0 aliphatic heterocycles. The minimum atomic E-state index is -0.265. The molecule has 2 rings (SSSR count). The highest BCUT2D eigenvalue weighted by molar-refractivity contribution is 5.67. The summed E-state index contributed by atoms with van der Waals surface area (Å²) in [5.41, 5.74) is 2.59. The van der Waals surface area contributed by atoms with Gasteiger partial charge in [-0.2, -0.15) is 0 Å². The number of aryl methyl sites for hydroxylation is 1. The standard InChI is InChI=1S/C14H12F2/c1-9-6-7-11(8-14(9)16)12-4-3-5-13(15)10(12)2/h3-8H,1-2H3. The lowest BCUT2D eigenvalue weighted by atomic mass is 9.99. The fraction of sp³-hybridized carbons (Fsp3) is 0.143. The molecule has 0 amide bonds. The molecule has 0 radical (unpaired) electrons. The van der Waals surface area contributed by atoms with Crippen LogP contribution in [0.4, 0.5) is 8.78 Å². The van der Waals surface area contributed by atoms with Gasteiger partial charge in [0.05, 0.1) is 0 Å². The second-order valence-electron chi connectivity index (χ2n) is 3.88. The van der Waals surface area contributed by atoms with Crippen molar-refractivity contribution >= 4 is 0 Å². The van der Waals surface area contributed by atoms with Gasteiger partial charge < -0.3 is 0 Å². The first kappa shape index (κ1) is 10.8. The summed E-state index contributed by atoms with van der Waals surface area (Å²) >= 11 is 0. The summed E-state index contributed by atoms with van der Waals surface area (Å²) in [6, 6.07) is 9.79. The van der Waals surface area contributed by atoms with Crippen LogP contribution < -0.4 is 0 Å². The summed E-state index contributed by atoms with van der Waals surface area (Å²) in [6.07, 6.45) is 0. The summed E-state index contributed by atoms with van der Waals surface area (Å²) in [4.78, 5) is 0. The number of rotatable bonds is 1. The first-order valence-electron chi connectivity index (χ1n) is 5.11. The molecule has 0 aliphatic rings. The smallest absolute Gasteiger partial charge is 0.126 e. The van der Waals surface area contributed by atoms with Crippen LogP contribution in [0.15, 0.2) is 36.4 Å². The van der Waals surface area contributed by atoms with E-state index < -0.39 is 0 Å². The van der Waals surface area contributed by atoms with Gasteiger partial charge in [0.2, 0.25) is 0 Å². The second kappa shape index (κ2) is 4.05. The fourth-order valence-electron chi connectivity index (χ4n) is 1.68. The topological polar surface area (TPSA) is 0 Å². The highest BCUT2D eigenvalue weighted by atomic mass is 19.1. The van der Waals surface area contributed by atoms with E-state index in [9.17, 15) is 8.78 Å². The van der Waals surface area contributed by atoms with Crippen LogP contribution in [0, 0.1) is 25.5 Å². The van der Waals surface area contributed by atoms with Gasteiger partial charge in [-0.15, -0.1) is 0 Å². The van der Waals surface area contributed by atoms with E-state index in [1.54, 1.807) is 38.1 Å². The Kier molecular flexibility index (Phi) is 2.73. The van der Waals surface area contributed by atoms with Gasteiger partial charge >= 0.3 is 0 Å². The van der Waals surface area contributed by atoms with Gasteiger partial charge in [0.25, 0.3) is 0 Å². The first-order valence-corrected chi connectivity index (χ1v) is 5.11. The van der Waals surface area contributed by atoms with Crippen LogP contribution in [0.25, 0.3) is 11.1 Å². The van der Waals surface area contributed by atoms with Crippen LogP contribution >= 0.6 is 0 Å². The van der Waals surface area contributed by atoms with Gasteiger partial charge in [0, 0.05) is 0 Å². The Labute approximate surface area is 93.5 Å². The molecule has 0 spiro atoms. The van der Waals surface area contributed by atoms with Gasteiger partial charge in [-0.25, -0.2) is 8.78 Å². The average Bonchev–Trinajstić information content (AvgIpc) is 2.26. The maximum atomic E-state index is 13.4. The number of hydrogen-bond acceptors (Lipinski definition) is 0. The van der Waals surface area contributed by atoms with Crippen LogP contribution in [0.5, 0.6) is 0 Å². The molecule has 2 aromatic carbocycles. The van der Waals surface area contributed by atoms with Crippen molar-refractivity contribution in [3.05, 3.63) is 59.2 Å². The predicted molar refractivity (Wildman–Crippen MR) is 61.3 cm³/mol. The molecule has 0 fully saturated rings. The summed E-state index contributed by atoms with van der Waals surface area (Å²) in [5, 5.41) is 0. The van der Waals surface area contributed by atoms with Crippen LogP contribution in [0.2, 0.25) is 0 Å². The molecular weight excluding hydrogens is 206 g/mol. The lowest BCUT2D eigenvalue weighted by Crippen LogP contribution is -1.89. The third kappa shape index (κ3) is 1.83. The van der Waals surface area contributed by atoms with E-state index in [0.29, 0.717) is 16.7 Å². The van der Waals surface area contributed by atoms with Crippen LogP contribution in [-0.4, -0.2) is 0 Å². The van der Waals surface area contributed by atoms with Crippen molar-refractivity contribution in [2.75, 3.05) is 0 Å². The molecule has 0 saturated carbocycles. The third-order valence-electron chi connectivity index (χ3n) is 2.75. The summed E-state index contributed by atoms with van der Waals surface area (Å²) < 4.78 is 26.8. The summed E-state index contributed by atoms with van der Waals surface area (Å²) in [5.74, 6) is -0.528. The lowest BCUT2D eigenvalue weighted by molar-refractivity contribution is 0.616. The summed E-state index contributed by atoms with van der Waals surface area (Å²) in [6.45, 7) is 3.40. The zero-order valence-corrected chi connectivity index (χ0v) is 9.22. The first-order chi connectivity index (χ1) is 7.59. The molecule has 0 aromatic heterocycles. The Morgan fingerprint density at radius 3 is 2.31 bits per heavy atom. The van der Waals surface area contributed by atoms with E-state index in [1.807, 2.05) is 0 Å². The Balaban J connectivity index is 2.59. The monoisotopic (exact) mass is 218 g/mol. The molecule has 82 valence electrons. The van der Waals surface area contributed by atoms with E-state index in [1.165, 1.54) is 12.1 Å². The van der Waals surface area contributed by atoms with E-state index >= 15 is 0 Å². The molecule has 2 aromatic rings. The molecule has 2 heteroatoms. The molecule has 16 heavy (non-hydrogen) atoms. The molecule has 0 N–H and O–H groups in total. The largest absolute Gasteiger partial charge is 0.207 e. The fourth-order valence-corrected chi connectivity index (χ4v) is 1.68. The van der Waals surface area contributed by atoms with Crippen molar-refractivity contribution in [2.45, 2.75) is 13.8 Å². The van der Waals surface area contributed by atoms with Crippen molar-refractivity contribution in [3.8, 4) is 11.1 Å². The molecular formula is C14H12F2. The molecule has 0 heterocycles. The number of hydrogen-bond donors (Lipinski definition) is 0. The normalized spacial score (nSPS) is 10.5. The zero-order chi connectivity index (χ0) is 11.7. The molecule has 0 atom stereocenters. The van der Waals surface area contributed by atoms with Crippen molar-refractivity contribution < 1.29 is 8.78 Å². The number of benzene rings is 2. The van der Waals surface area contributed by atoms with Crippen LogP contribution in [0.3, 0.4) is 0 Å². The van der Waals surface area contributed by atoms with Crippen molar-refractivity contribution in [1.82, 2.24) is 0 Å². The Bertz CT molecular complexity index is 530. The molecule has 0 nitrogen and oxygen atoms in total.